The molecule has 3 rings (SSSR count). The molecule has 0 unspecified atom stereocenters. The number of aliphatic hydroxyl groups excluding tert-OH is 1. The Morgan fingerprint density at radius 2 is 1.96 bits per heavy atom. The highest BCUT2D eigenvalue weighted by Crippen LogP contribution is 2.43. The van der Waals surface area contributed by atoms with Gasteiger partial charge < -0.3 is 16.2 Å². The minimum Gasteiger partial charge on any atom is -0.396 e. The molecule has 2 heterocycles. The Morgan fingerprint density at radius 3 is 2.57 bits per heavy atom. The number of benzene rings is 1. The lowest BCUT2D eigenvalue weighted by Crippen LogP contribution is -2.52. The molecule has 0 bridgehead atoms. The Kier molecular flexibility index (Phi) is 4.99. The fraction of sp³-hybridized carbons (Fsp3) is 0.611. The molecule has 1 aromatic rings. The van der Waals surface area contributed by atoms with Gasteiger partial charge in [-0.3, -0.25) is 9.69 Å². The van der Waals surface area contributed by atoms with Gasteiger partial charge in [0.25, 0.3) is 0 Å². The van der Waals surface area contributed by atoms with E-state index in [2.05, 4.69) is 10.2 Å². The van der Waals surface area contributed by atoms with Crippen molar-refractivity contribution in [2.24, 2.45) is 17.1 Å². The van der Waals surface area contributed by atoms with E-state index in [1.807, 2.05) is 12.1 Å². The van der Waals surface area contributed by atoms with Gasteiger partial charge in [-0.05, 0) is 62.0 Å². The maximum Gasteiger partial charge on any atom is 0.248 e. The Morgan fingerprint density at radius 1 is 1.26 bits per heavy atom. The number of piperidine rings is 2. The second-order valence-corrected chi connectivity index (χ2v) is 7.03. The molecule has 1 amide bonds. The van der Waals surface area contributed by atoms with Crippen LogP contribution in [0.2, 0.25) is 0 Å². The van der Waals surface area contributed by atoms with E-state index in [0.717, 1.165) is 32.7 Å². The first-order chi connectivity index (χ1) is 11.1. The molecule has 0 saturated carbocycles. The normalized spacial score (nSPS) is 24.7. The lowest BCUT2D eigenvalue weighted by atomic mass is 9.65. The van der Waals surface area contributed by atoms with E-state index in [1.54, 1.807) is 12.1 Å². The van der Waals surface area contributed by atoms with Crippen molar-refractivity contribution in [3.8, 4) is 0 Å². The summed E-state index contributed by atoms with van der Waals surface area (Å²) in [7, 11) is 0. The number of amides is 1. The van der Waals surface area contributed by atoms with E-state index < -0.39 is 0 Å². The second-order valence-electron chi connectivity index (χ2n) is 7.03. The predicted molar refractivity (Wildman–Crippen MR) is 90.0 cm³/mol. The van der Waals surface area contributed by atoms with Crippen LogP contribution in [0.4, 0.5) is 0 Å². The van der Waals surface area contributed by atoms with Crippen molar-refractivity contribution in [3.05, 3.63) is 35.4 Å². The highest BCUT2D eigenvalue weighted by molar-refractivity contribution is 5.92. The van der Waals surface area contributed by atoms with Gasteiger partial charge in [-0.15, -0.1) is 0 Å². The average Bonchev–Trinajstić information content (AvgIpc) is 2.58. The molecule has 126 valence electrons. The second kappa shape index (κ2) is 6.99. The summed E-state index contributed by atoms with van der Waals surface area (Å²) in [5.74, 6) is 0.0191. The van der Waals surface area contributed by atoms with E-state index in [9.17, 15) is 9.90 Å². The monoisotopic (exact) mass is 317 g/mol. The van der Waals surface area contributed by atoms with Crippen molar-refractivity contribution in [1.82, 2.24) is 10.2 Å². The van der Waals surface area contributed by atoms with Crippen molar-refractivity contribution in [2.75, 3.05) is 32.8 Å². The van der Waals surface area contributed by atoms with Crippen LogP contribution in [0.25, 0.3) is 0 Å². The minimum absolute atomic E-state index is 0.293. The van der Waals surface area contributed by atoms with Crippen LogP contribution in [0.15, 0.2) is 24.3 Å². The number of rotatable bonds is 4. The number of nitrogens with one attached hydrogen (secondary N) is 1. The molecule has 1 atom stereocenters. The van der Waals surface area contributed by atoms with Crippen molar-refractivity contribution >= 4 is 5.91 Å². The molecule has 23 heavy (non-hydrogen) atoms. The Bertz CT molecular complexity index is 536. The predicted octanol–water partition coefficient (Wildman–Crippen LogP) is 0.970. The van der Waals surface area contributed by atoms with Gasteiger partial charge in [0.1, 0.15) is 0 Å². The van der Waals surface area contributed by atoms with Crippen LogP contribution in [0.3, 0.4) is 0 Å². The number of hydrogen-bond donors (Lipinski definition) is 3. The lowest BCUT2D eigenvalue weighted by molar-refractivity contribution is -0.00583. The van der Waals surface area contributed by atoms with Crippen LogP contribution in [-0.2, 0) is 6.54 Å². The van der Waals surface area contributed by atoms with E-state index in [1.165, 1.54) is 24.8 Å². The van der Waals surface area contributed by atoms with Crippen LogP contribution in [0, 0.1) is 11.3 Å². The maximum atomic E-state index is 11.1. The first kappa shape index (κ1) is 16.4. The summed E-state index contributed by atoms with van der Waals surface area (Å²) in [6, 6.07) is 7.59. The van der Waals surface area contributed by atoms with Crippen LogP contribution in [-0.4, -0.2) is 48.7 Å². The minimum atomic E-state index is -0.377. The summed E-state index contributed by atoms with van der Waals surface area (Å²) in [4.78, 5) is 13.6. The fourth-order valence-electron chi connectivity index (χ4n) is 4.14. The summed E-state index contributed by atoms with van der Waals surface area (Å²) in [5.41, 5.74) is 7.38. The van der Waals surface area contributed by atoms with Crippen molar-refractivity contribution in [1.29, 1.82) is 0 Å². The maximum absolute atomic E-state index is 11.1. The molecule has 2 saturated heterocycles. The molecule has 4 N–H and O–H groups in total. The molecule has 2 aliphatic heterocycles. The van der Waals surface area contributed by atoms with E-state index in [4.69, 9.17) is 5.73 Å². The van der Waals surface area contributed by atoms with Crippen LogP contribution >= 0.6 is 0 Å². The van der Waals surface area contributed by atoms with Crippen molar-refractivity contribution < 1.29 is 9.90 Å². The number of carbonyl (C=O) groups is 1. The number of carbonyl (C=O) groups excluding carboxylic acids is 1. The Hall–Kier alpha value is -1.43. The zero-order valence-electron chi connectivity index (χ0n) is 13.6. The first-order valence-corrected chi connectivity index (χ1v) is 8.56. The third-order valence-corrected chi connectivity index (χ3v) is 5.77. The fourth-order valence-corrected chi connectivity index (χ4v) is 4.14. The van der Waals surface area contributed by atoms with E-state index in [0.29, 0.717) is 23.5 Å². The lowest BCUT2D eigenvalue weighted by Gasteiger charge is -2.49. The largest absolute Gasteiger partial charge is 0.396 e. The summed E-state index contributed by atoms with van der Waals surface area (Å²) in [6.07, 6.45) is 3.51. The van der Waals surface area contributed by atoms with Crippen LogP contribution in [0.1, 0.15) is 35.2 Å². The molecular weight excluding hydrogens is 290 g/mol. The highest BCUT2D eigenvalue weighted by atomic mass is 16.3. The van der Waals surface area contributed by atoms with Gasteiger partial charge in [-0.2, -0.15) is 0 Å². The molecule has 0 aliphatic carbocycles. The first-order valence-electron chi connectivity index (χ1n) is 8.56. The van der Waals surface area contributed by atoms with Crippen LogP contribution in [0.5, 0.6) is 0 Å². The van der Waals surface area contributed by atoms with Crippen LogP contribution < -0.4 is 11.1 Å². The van der Waals surface area contributed by atoms with Crippen molar-refractivity contribution in [2.45, 2.75) is 25.8 Å². The molecule has 5 heteroatoms. The Labute approximate surface area is 137 Å². The van der Waals surface area contributed by atoms with Gasteiger partial charge in [-0.25, -0.2) is 0 Å². The van der Waals surface area contributed by atoms with Gasteiger partial charge in [0.2, 0.25) is 5.91 Å². The molecule has 5 nitrogen and oxygen atoms in total. The topological polar surface area (TPSA) is 78.6 Å². The van der Waals surface area contributed by atoms with Gasteiger partial charge in [-0.1, -0.05) is 12.1 Å². The third-order valence-electron chi connectivity index (χ3n) is 5.77. The molecular formula is C18H27N3O2. The van der Waals surface area contributed by atoms with Gasteiger partial charge in [0, 0.05) is 31.2 Å². The average molecular weight is 317 g/mol. The van der Waals surface area contributed by atoms with Gasteiger partial charge >= 0.3 is 0 Å². The molecule has 2 fully saturated rings. The molecule has 1 spiro atoms. The highest BCUT2D eigenvalue weighted by Gasteiger charge is 2.42. The summed E-state index contributed by atoms with van der Waals surface area (Å²) in [5, 5.41) is 13.1. The van der Waals surface area contributed by atoms with Gasteiger partial charge in [0.05, 0.1) is 0 Å². The number of primary amides is 1. The summed E-state index contributed by atoms with van der Waals surface area (Å²) < 4.78 is 0. The number of nitrogens with zero attached hydrogens (tertiary/aromatic N) is 1. The van der Waals surface area contributed by atoms with Crippen molar-refractivity contribution in [3.63, 3.8) is 0 Å². The summed E-state index contributed by atoms with van der Waals surface area (Å²) >= 11 is 0. The summed E-state index contributed by atoms with van der Waals surface area (Å²) in [6.45, 7) is 5.39. The quantitative estimate of drug-likeness (QED) is 0.773. The third kappa shape index (κ3) is 3.57. The van der Waals surface area contributed by atoms with E-state index in [-0.39, 0.29) is 5.91 Å². The molecule has 0 radical (unpaired) electrons. The number of aliphatic hydroxyl groups is 1. The zero-order chi connectivity index (χ0) is 16.3. The van der Waals surface area contributed by atoms with Gasteiger partial charge in [0.15, 0.2) is 0 Å². The Balaban J connectivity index is 1.57. The molecule has 2 aliphatic rings. The molecule has 0 aromatic heterocycles. The smallest absolute Gasteiger partial charge is 0.248 e. The van der Waals surface area contributed by atoms with E-state index >= 15 is 0 Å². The number of hydrogen-bond acceptors (Lipinski definition) is 4. The molecule has 1 aromatic carbocycles. The number of likely N-dealkylation sites (tertiary alicyclic amines) is 1. The number of nitrogens with two attached hydrogens (primary N) is 1. The SMILES string of the molecule is NC(=O)c1ccc(CN2CCC3(CCNC[C@@H]3CO)CC2)cc1. The standard InChI is InChI=1S/C18H27N3O2/c19-17(23)15-3-1-14(2-4-15)12-21-9-6-18(7-10-21)5-8-20-11-16(18)13-22/h1-4,16,20,22H,5-13H2,(H2,19,23)/t16-/m1/s1. The zero-order valence-corrected chi connectivity index (χ0v) is 13.6.